The first-order valence-electron chi connectivity index (χ1n) is 10.2. The number of rotatable bonds is 8. The van der Waals surface area contributed by atoms with Crippen molar-refractivity contribution < 1.29 is 23.9 Å². The Kier molecular flexibility index (Phi) is 7.97. The normalized spacial score (nSPS) is 10.3. The van der Waals surface area contributed by atoms with Crippen LogP contribution in [0.1, 0.15) is 34.3 Å². The zero-order valence-corrected chi connectivity index (χ0v) is 17.6. The summed E-state index contributed by atoms with van der Waals surface area (Å²) in [6.45, 7) is 1.72. The molecule has 0 atom stereocenters. The molecule has 3 rings (SSSR count). The standard InChI is InChI=1S/C25H24N2O5/c1-2-31-25(30)20-13-15-21(16-14-20)32-17-22(28)26-27-24(29)23(18-9-5-3-6-10-18)19-11-7-4-8-12-19/h3-16,23H,2,17H2,1H3,(H,26,28)(H,27,29). The fraction of sp³-hybridized carbons (Fsp3) is 0.160. The Balaban J connectivity index is 1.55. The second-order valence-electron chi connectivity index (χ2n) is 6.83. The van der Waals surface area contributed by atoms with Crippen LogP contribution in [0.15, 0.2) is 84.9 Å². The molecule has 0 saturated carbocycles. The average Bonchev–Trinajstić information content (AvgIpc) is 2.83. The fourth-order valence-electron chi connectivity index (χ4n) is 3.08. The Labute approximate surface area is 186 Å². The quantitative estimate of drug-likeness (QED) is 0.421. The third-order valence-electron chi connectivity index (χ3n) is 4.59. The monoisotopic (exact) mass is 432 g/mol. The van der Waals surface area contributed by atoms with Gasteiger partial charge in [0.2, 0.25) is 5.91 Å². The molecule has 0 heterocycles. The number of amides is 2. The topological polar surface area (TPSA) is 93.7 Å². The van der Waals surface area contributed by atoms with E-state index in [4.69, 9.17) is 9.47 Å². The minimum atomic E-state index is -0.575. The molecule has 0 aliphatic rings. The Morgan fingerprint density at radius 3 is 1.88 bits per heavy atom. The first-order valence-corrected chi connectivity index (χ1v) is 10.2. The SMILES string of the molecule is CCOC(=O)c1ccc(OCC(=O)NNC(=O)C(c2ccccc2)c2ccccc2)cc1. The van der Waals surface area contributed by atoms with Crippen LogP contribution in [0.5, 0.6) is 5.75 Å². The van der Waals surface area contributed by atoms with Gasteiger partial charge in [0.05, 0.1) is 18.1 Å². The second kappa shape index (κ2) is 11.3. The number of nitrogens with one attached hydrogen (secondary N) is 2. The number of carbonyl (C=O) groups is 3. The van der Waals surface area contributed by atoms with Crippen molar-refractivity contribution in [2.24, 2.45) is 0 Å². The van der Waals surface area contributed by atoms with Crippen LogP contribution in [0.4, 0.5) is 0 Å². The van der Waals surface area contributed by atoms with Gasteiger partial charge in [0, 0.05) is 0 Å². The predicted molar refractivity (Wildman–Crippen MR) is 119 cm³/mol. The van der Waals surface area contributed by atoms with Crippen LogP contribution in [-0.2, 0) is 14.3 Å². The number of benzene rings is 3. The highest BCUT2D eigenvalue weighted by molar-refractivity contribution is 5.90. The molecule has 0 aliphatic heterocycles. The molecule has 7 heteroatoms. The van der Waals surface area contributed by atoms with Crippen LogP contribution < -0.4 is 15.6 Å². The largest absolute Gasteiger partial charge is 0.484 e. The Morgan fingerprint density at radius 1 is 0.781 bits per heavy atom. The maximum atomic E-state index is 12.9. The summed E-state index contributed by atoms with van der Waals surface area (Å²) in [5.74, 6) is -1.48. The minimum Gasteiger partial charge on any atom is -0.484 e. The lowest BCUT2D eigenvalue weighted by atomic mass is 9.91. The van der Waals surface area contributed by atoms with Gasteiger partial charge in [-0.1, -0.05) is 60.7 Å². The number of ether oxygens (including phenoxy) is 2. The zero-order chi connectivity index (χ0) is 22.8. The summed E-state index contributed by atoms with van der Waals surface area (Å²) < 4.78 is 10.3. The van der Waals surface area contributed by atoms with E-state index in [2.05, 4.69) is 10.9 Å². The highest BCUT2D eigenvalue weighted by atomic mass is 16.5. The van der Waals surface area contributed by atoms with Gasteiger partial charge in [0.15, 0.2) is 6.61 Å². The van der Waals surface area contributed by atoms with E-state index >= 15 is 0 Å². The molecule has 0 aliphatic carbocycles. The van der Waals surface area contributed by atoms with Crippen molar-refractivity contribution in [2.45, 2.75) is 12.8 Å². The van der Waals surface area contributed by atoms with Crippen LogP contribution in [0.2, 0.25) is 0 Å². The van der Waals surface area contributed by atoms with Crippen molar-refractivity contribution >= 4 is 17.8 Å². The highest BCUT2D eigenvalue weighted by Crippen LogP contribution is 2.24. The molecule has 32 heavy (non-hydrogen) atoms. The molecule has 0 unspecified atom stereocenters. The zero-order valence-electron chi connectivity index (χ0n) is 17.6. The second-order valence-corrected chi connectivity index (χ2v) is 6.83. The Hall–Kier alpha value is -4.13. The van der Waals surface area contributed by atoms with E-state index in [9.17, 15) is 14.4 Å². The predicted octanol–water partition coefficient (Wildman–Crippen LogP) is 3.22. The fourth-order valence-corrected chi connectivity index (χ4v) is 3.08. The van der Waals surface area contributed by atoms with Crippen molar-refractivity contribution in [3.63, 3.8) is 0 Å². The summed E-state index contributed by atoms with van der Waals surface area (Å²) in [5.41, 5.74) is 6.87. The molecule has 3 aromatic rings. The van der Waals surface area contributed by atoms with Gasteiger partial charge in [-0.25, -0.2) is 4.79 Å². The van der Waals surface area contributed by atoms with Crippen molar-refractivity contribution in [1.29, 1.82) is 0 Å². The summed E-state index contributed by atoms with van der Waals surface area (Å²) in [6, 6.07) is 24.9. The Bertz CT molecular complexity index is 997. The van der Waals surface area contributed by atoms with E-state index in [1.807, 2.05) is 60.7 Å². The van der Waals surface area contributed by atoms with Gasteiger partial charge in [0.1, 0.15) is 5.75 Å². The lowest BCUT2D eigenvalue weighted by molar-refractivity contribution is -0.130. The van der Waals surface area contributed by atoms with Crippen molar-refractivity contribution in [3.05, 3.63) is 102 Å². The summed E-state index contributed by atoms with van der Waals surface area (Å²) in [7, 11) is 0. The van der Waals surface area contributed by atoms with Crippen LogP contribution in [0, 0.1) is 0 Å². The van der Waals surface area contributed by atoms with Crippen molar-refractivity contribution in [1.82, 2.24) is 10.9 Å². The minimum absolute atomic E-state index is 0.290. The van der Waals surface area contributed by atoms with Crippen LogP contribution in [0.3, 0.4) is 0 Å². The molecule has 0 bridgehead atoms. The van der Waals surface area contributed by atoms with E-state index in [-0.39, 0.29) is 12.5 Å². The number of hydrogen-bond acceptors (Lipinski definition) is 5. The molecule has 0 spiro atoms. The number of esters is 1. The molecule has 3 aromatic carbocycles. The lowest BCUT2D eigenvalue weighted by Crippen LogP contribution is -2.46. The van der Waals surface area contributed by atoms with Crippen LogP contribution in [0.25, 0.3) is 0 Å². The third-order valence-corrected chi connectivity index (χ3v) is 4.59. The molecule has 2 N–H and O–H groups in total. The Morgan fingerprint density at radius 2 is 1.34 bits per heavy atom. The van der Waals surface area contributed by atoms with Gasteiger partial charge in [-0.3, -0.25) is 20.4 Å². The van der Waals surface area contributed by atoms with Gasteiger partial charge < -0.3 is 9.47 Å². The van der Waals surface area contributed by atoms with Crippen molar-refractivity contribution in [2.75, 3.05) is 13.2 Å². The van der Waals surface area contributed by atoms with Gasteiger partial charge in [-0.2, -0.15) is 0 Å². The molecule has 0 saturated heterocycles. The first-order chi connectivity index (χ1) is 15.6. The van der Waals surface area contributed by atoms with Gasteiger partial charge in [-0.15, -0.1) is 0 Å². The molecule has 7 nitrogen and oxygen atoms in total. The number of carbonyl (C=O) groups excluding carboxylic acids is 3. The number of hydrogen-bond donors (Lipinski definition) is 2. The first kappa shape index (κ1) is 22.6. The maximum Gasteiger partial charge on any atom is 0.338 e. The maximum absolute atomic E-state index is 12.9. The summed E-state index contributed by atoms with van der Waals surface area (Å²) in [6.07, 6.45) is 0. The average molecular weight is 432 g/mol. The third kappa shape index (κ3) is 6.18. The van der Waals surface area contributed by atoms with E-state index in [0.29, 0.717) is 17.9 Å². The van der Waals surface area contributed by atoms with Crippen molar-refractivity contribution in [3.8, 4) is 5.75 Å². The van der Waals surface area contributed by atoms with E-state index in [0.717, 1.165) is 11.1 Å². The smallest absolute Gasteiger partial charge is 0.338 e. The van der Waals surface area contributed by atoms with E-state index < -0.39 is 17.8 Å². The van der Waals surface area contributed by atoms with E-state index in [1.54, 1.807) is 31.2 Å². The summed E-state index contributed by atoms with van der Waals surface area (Å²) >= 11 is 0. The summed E-state index contributed by atoms with van der Waals surface area (Å²) in [4.78, 5) is 36.7. The molecule has 0 aromatic heterocycles. The van der Waals surface area contributed by atoms with Gasteiger partial charge in [0.25, 0.3) is 5.91 Å². The van der Waals surface area contributed by atoms with Gasteiger partial charge >= 0.3 is 5.97 Å². The molecular weight excluding hydrogens is 408 g/mol. The van der Waals surface area contributed by atoms with Gasteiger partial charge in [-0.05, 0) is 42.3 Å². The molecule has 0 fully saturated rings. The molecule has 0 radical (unpaired) electrons. The summed E-state index contributed by atoms with van der Waals surface area (Å²) in [5, 5.41) is 0. The molecular formula is C25H24N2O5. The highest BCUT2D eigenvalue weighted by Gasteiger charge is 2.23. The molecule has 2 amide bonds. The van der Waals surface area contributed by atoms with Crippen LogP contribution in [-0.4, -0.2) is 31.0 Å². The lowest BCUT2D eigenvalue weighted by Gasteiger charge is -2.18. The number of hydrazine groups is 1. The van der Waals surface area contributed by atoms with Crippen LogP contribution >= 0.6 is 0 Å². The van der Waals surface area contributed by atoms with E-state index in [1.165, 1.54) is 0 Å². The molecule has 164 valence electrons.